The van der Waals surface area contributed by atoms with Crippen molar-refractivity contribution in [1.29, 1.82) is 0 Å². The molecule has 1 aromatic heterocycles. The van der Waals surface area contributed by atoms with E-state index in [0.29, 0.717) is 17.9 Å². The summed E-state index contributed by atoms with van der Waals surface area (Å²) in [7, 11) is 1.34. The van der Waals surface area contributed by atoms with Crippen LogP contribution in [0.5, 0.6) is 0 Å². The molecule has 0 atom stereocenters. The Kier molecular flexibility index (Phi) is 5.96. The van der Waals surface area contributed by atoms with Crippen molar-refractivity contribution in [1.82, 2.24) is 9.97 Å². The summed E-state index contributed by atoms with van der Waals surface area (Å²) < 4.78 is 4.68. The standard InChI is InChI=1S/C21H20N4O3/c1-3-25(17-7-5-4-6-8-17)20(26)18-13-19(23-14-22-18)24-16-11-9-15(10-12-16)21(27)28-2/h4-14H,3H2,1-2H3,(H,22,23,24). The highest BCUT2D eigenvalue weighted by Crippen LogP contribution is 2.19. The van der Waals surface area contributed by atoms with Crippen molar-refractivity contribution in [2.24, 2.45) is 0 Å². The van der Waals surface area contributed by atoms with Crippen molar-refractivity contribution < 1.29 is 14.3 Å². The van der Waals surface area contributed by atoms with Crippen molar-refractivity contribution in [3.8, 4) is 0 Å². The lowest BCUT2D eigenvalue weighted by Gasteiger charge is -2.20. The molecule has 1 heterocycles. The van der Waals surface area contributed by atoms with Gasteiger partial charge in [-0.25, -0.2) is 14.8 Å². The van der Waals surface area contributed by atoms with Crippen LogP contribution in [0.2, 0.25) is 0 Å². The highest BCUT2D eigenvalue weighted by atomic mass is 16.5. The number of carbonyl (C=O) groups is 2. The number of esters is 1. The lowest BCUT2D eigenvalue weighted by molar-refractivity contribution is 0.0600. The summed E-state index contributed by atoms with van der Waals surface area (Å²) in [6, 6.07) is 17.8. The van der Waals surface area contributed by atoms with Crippen LogP contribution in [0.25, 0.3) is 0 Å². The molecule has 0 saturated carbocycles. The Morgan fingerprint density at radius 2 is 1.75 bits per heavy atom. The molecule has 0 aliphatic heterocycles. The maximum Gasteiger partial charge on any atom is 0.337 e. The minimum absolute atomic E-state index is 0.208. The molecule has 0 aliphatic carbocycles. The monoisotopic (exact) mass is 376 g/mol. The molecule has 0 saturated heterocycles. The molecule has 7 nitrogen and oxygen atoms in total. The first-order valence-corrected chi connectivity index (χ1v) is 8.76. The minimum Gasteiger partial charge on any atom is -0.465 e. The van der Waals surface area contributed by atoms with Crippen LogP contribution >= 0.6 is 0 Å². The summed E-state index contributed by atoms with van der Waals surface area (Å²) >= 11 is 0. The maximum absolute atomic E-state index is 12.9. The minimum atomic E-state index is -0.401. The molecule has 7 heteroatoms. The second kappa shape index (κ2) is 8.77. The molecule has 1 N–H and O–H groups in total. The molecule has 0 bridgehead atoms. The predicted molar refractivity (Wildman–Crippen MR) is 107 cm³/mol. The number of benzene rings is 2. The largest absolute Gasteiger partial charge is 0.465 e. The van der Waals surface area contributed by atoms with E-state index in [1.165, 1.54) is 13.4 Å². The second-order valence-electron chi connectivity index (χ2n) is 5.87. The molecule has 0 unspecified atom stereocenters. The van der Waals surface area contributed by atoms with Crippen LogP contribution in [-0.4, -0.2) is 35.5 Å². The van der Waals surface area contributed by atoms with Crippen LogP contribution in [0.4, 0.5) is 17.2 Å². The van der Waals surface area contributed by atoms with E-state index in [2.05, 4.69) is 20.0 Å². The molecule has 1 amide bonds. The number of methoxy groups -OCH3 is 1. The number of para-hydroxylation sites is 1. The van der Waals surface area contributed by atoms with Crippen LogP contribution in [-0.2, 0) is 4.74 Å². The van der Waals surface area contributed by atoms with E-state index in [0.717, 1.165) is 11.4 Å². The van der Waals surface area contributed by atoms with E-state index in [1.54, 1.807) is 35.2 Å². The van der Waals surface area contributed by atoms with Gasteiger partial charge in [0.2, 0.25) is 0 Å². The Labute approximate surface area is 163 Å². The van der Waals surface area contributed by atoms with Gasteiger partial charge in [-0.15, -0.1) is 0 Å². The Morgan fingerprint density at radius 1 is 1.04 bits per heavy atom. The highest BCUT2D eigenvalue weighted by molar-refractivity contribution is 6.05. The van der Waals surface area contributed by atoms with Gasteiger partial charge in [0.25, 0.3) is 5.91 Å². The zero-order chi connectivity index (χ0) is 19.9. The first-order chi connectivity index (χ1) is 13.6. The van der Waals surface area contributed by atoms with Crippen molar-refractivity contribution in [2.75, 3.05) is 23.9 Å². The lowest BCUT2D eigenvalue weighted by atomic mass is 10.2. The Hall–Kier alpha value is -3.74. The van der Waals surface area contributed by atoms with Gasteiger partial charge in [0.15, 0.2) is 0 Å². The Balaban J connectivity index is 1.78. The van der Waals surface area contributed by atoms with Gasteiger partial charge in [0.1, 0.15) is 17.8 Å². The molecule has 3 rings (SSSR count). The first-order valence-electron chi connectivity index (χ1n) is 8.76. The molecule has 0 radical (unpaired) electrons. The maximum atomic E-state index is 12.9. The lowest BCUT2D eigenvalue weighted by Crippen LogP contribution is -2.31. The molecule has 0 spiro atoms. The molecule has 142 valence electrons. The molecule has 2 aromatic carbocycles. The SMILES string of the molecule is CCN(C(=O)c1cc(Nc2ccc(C(=O)OC)cc2)ncn1)c1ccccc1. The van der Waals surface area contributed by atoms with Crippen molar-refractivity contribution >= 4 is 29.1 Å². The molecule has 0 aliphatic rings. The Bertz CT molecular complexity index is 959. The van der Waals surface area contributed by atoms with Gasteiger partial charge in [0, 0.05) is 24.0 Å². The summed E-state index contributed by atoms with van der Waals surface area (Å²) in [5, 5.41) is 3.11. The number of amides is 1. The number of aromatic nitrogens is 2. The fourth-order valence-corrected chi connectivity index (χ4v) is 2.69. The number of nitrogens with one attached hydrogen (secondary N) is 1. The molecule has 0 fully saturated rings. The van der Waals surface area contributed by atoms with Gasteiger partial charge in [-0.1, -0.05) is 18.2 Å². The highest BCUT2D eigenvalue weighted by Gasteiger charge is 2.18. The zero-order valence-corrected chi connectivity index (χ0v) is 15.6. The van der Waals surface area contributed by atoms with E-state index >= 15 is 0 Å². The van der Waals surface area contributed by atoms with Gasteiger partial charge < -0.3 is 15.0 Å². The third kappa shape index (κ3) is 4.32. The van der Waals surface area contributed by atoms with Gasteiger partial charge in [-0.2, -0.15) is 0 Å². The number of hydrogen-bond acceptors (Lipinski definition) is 6. The molecular weight excluding hydrogens is 356 g/mol. The fraction of sp³-hybridized carbons (Fsp3) is 0.143. The van der Waals surface area contributed by atoms with E-state index < -0.39 is 5.97 Å². The smallest absolute Gasteiger partial charge is 0.337 e. The van der Waals surface area contributed by atoms with Crippen molar-refractivity contribution in [2.45, 2.75) is 6.92 Å². The zero-order valence-electron chi connectivity index (χ0n) is 15.6. The summed E-state index contributed by atoms with van der Waals surface area (Å²) in [5.74, 6) is -0.129. The van der Waals surface area contributed by atoms with Crippen molar-refractivity contribution in [3.05, 3.63) is 78.2 Å². The van der Waals surface area contributed by atoms with Crippen LogP contribution in [0.3, 0.4) is 0 Å². The number of carbonyl (C=O) groups excluding carboxylic acids is 2. The molecule has 3 aromatic rings. The number of anilines is 3. The van der Waals surface area contributed by atoms with Gasteiger partial charge in [-0.05, 0) is 43.3 Å². The van der Waals surface area contributed by atoms with E-state index in [9.17, 15) is 9.59 Å². The van der Waals surface area contributed by atoms with E-state index in [1.807, 2.05) is 37.3 Å². The summed E-state index contributed by atoms with van der Waals surface area (Å²) in [6.07, 6.45) is 1.34. The van der Waals surface area contributed by atoms with Gasteiger partial charge in [0.05, 0.1) is 12.7 Å². The molecule has 28 heavy (non-hydrogen) atoms. The average molecular weight is 376 g/mol. The Morgan fingerprint density at radius 3 is 2.39 bits per heavy atom. The quantitative estimate of drug-likeness (QED) is 0.661. The summed E-state index contributed by atoms with van der Waals surface area (Å²) in [4.78, 5) is 34.3. The number of hydrogen-bond donors (Lipinski definition) is 1. The summed E-state index contributed by atoms with van der Waals surface area (Å²) in [5.41, 5.74) is 2.27. The number of rotatable bonds is 6. The average Bonchev–Trinajstić information content (AvgIpc) is 2.75. The number of ether oxygens (including phenoxy) is 1. The fourth-order valence-electron chi connectivity index (χ4n) is 2.69. The second-order valence-corrected chi connectivity index (χ2v) is 5.87. The third-order valence-electron chi connectivity index (χ3n) is 4.09. The normalized spacial score (nSPS) is 10.2. The van der Waals surface area contributed by atoms with Crippen LogP contribution in [0.1, 0.15) is 27.8 Å². The number of nitrogens with zero attached hydrogens (tertiary/aromatic N) is 3. The van der Waals surface area contributed by atoms with Crippen LogP contribution in [0, 0.1) is 0 Å². The third-order valence-corrected chi connectivity index (χ3v) is 4.09. The van der Waals surface area contributed by atoms with E-state index in [-0.39, 0.29) is 11.6 Å². The summed E-state index contributed by atoms with van der Waals surface area (Å²) in [6.45, 7) is 2.43. The van der Waals surface area contributed by atoms with E-state index in [4.69, 9.17) is 0 Å². The van der Waals surface area contributed by atoms with Crippen LogP contribution in [0.15, 0.2) is 67.0 Å². The van der Waals surface area contributed by atoms with Gasteiger partial charge in [-0.3, -0.25) is 4.79 Å². The van der Waals surface area contributed by atoms with Crippen molar-refractivity contribution in [3.63, 3.8) is 0 Å². The first kappa shape index (κ1) is 19.0. The molecular formula is C21H20N4O3. The topological polar surface area (TPSA) is 84.4 Å². The van der Waals surface area contributed by atoms with Crippen LogP contribution < -0.4 is 10.2 Å². The van der Waals surface area contributed by atoms with Gasteiger partial charge >= 0.3 is 5.97 Å². The predicted octanol–water partition coefficient (Wildman–Crippen LogP) is 3.67.